The standard InChI is InChI=1S/C17H22N2O5S/c1-6-11(16(21)23-5)19-8-18-14-12(15(19)20)10(4)13(25-14)17(22)24-7-9(2)3/h8-9,11H,6-7H2,1-5H3. The number of carbonyl (C=O) groups excluding carboxylic acids is 2. The third-order valence-electron chi connectivity index (χ3n) is 3.80. The molecule has 0 bridgehead atoms. The average Bonchev–Trinajstić information content (AvgIpc) is 2.92. The van der Waals surface area contributed by atoms with E-state index in [2.05, 4.69) is 4.98 Å². The van der Waals surface area contributed by atoms with E-state index in [4.69, 9.17) is 9.47 Å². The molecule has 0 aliphatic carbocycles. The monoisotopic (exact) mass is 366 g/mol. The molecule has 7 nitrogen and oxygen atoms in total. The molecule has 1 atom stereocenters. The summed E-state index contributed by atoms with van der Waals surface area (Å²) in [6, 6.07) is -0.745. The molecule has 0 radical (unpaired) electrons. The molecule has 0 fully saturated rings. The first kappa shape index (κ1) is 19.1. The SMILES string of the molecule is CCC(C(=O)OC)n1cnc2sc(C(=O)OCC(C)C)c(C)c2c1=O. The molecule has 0 amide bonds. The first-order chi connectivity index (χ1) is 11.8. The summed E-state index contributed by atoms with van der Waals surface area (Å²) in [4.78, 5) is 42.1. The van der Waals surface area contributed by atoms with Crippen LogP contribution in [-0.4, -0.2) is 35.2 Å². The fourth-order valence-corrected chi connectivity index (χ4v) is 3.51. The Kier molecular flexibility index (Phi) is 5.94. The number of ether oxygens (including phenoxy) is 2. The zero-order valence-corrected chi connectivity index (χ0v) is 15.8. The minimum Gasteiger partial charge on any atom is -0.467 e. The predicted molar refractivity (Wildman–Crippen MR) is 95.1 cm³/mol. The van der Waals surface area contributed by atoms with Gasteiger partial charge in [-0.25, -0.2) is 14.6 Å². The second kappa shape index (κ2) is 7.77. The van der Waals surface area contributed by atoms with Crippen LogP contribution in [0.2, 0.25) is 0 Å². The van der Waals surface area contributed by atoms with E-state index in [0.717, 1.165) is 11.3 Å². The van der Waals surface area contributed by atoms with Gasteiger partial charge in [0.15, 0.2) is 0 Å². The molecule has 2 rings (SSSR count). The molecule has 8 heteroatoms. The van der Waals surface area contributed by atoms with E-state index in [1.165, 1.54) is 18.0 Å². The number of aryl methyl sites for hydroxylation is 1. The fourth-order valence-electron chi connectivity index (χ4n) is 2.47. The molecule has 2 aromatic heterocycles. The van der Waals surface area contributed by atoms with Gasteiger partial charge in [-0.3, -0.25) is 9.36 Å². The van der Waals surface area contributed by atoms with Crippen molar-refractivity contribution in [3.63, 3.8) is 0 Å². The van der Waals surface area contributed by atoms with Crippen LogP contribution in [0, 0.1) is 12.8 Å². The summed E-state index contributed by atoms with van der Waals surface area (Å²) in [5, 5.41) is 0.339. The van der Waals surface area contributed by atoms with E-state index in [-0.39, 0.29) is 11.5 Å². The maximum Gasteiger partial charge on any atom is 0.348 e. The summed E-state index contributed by atoms with van der Waals surface area (Å²) in [5.74, 6) is -0.741. The van der Waals surface area contributed by atoms with Crippen molar-refractivity contribution in [3.05, 3.63) is 27.1 Å². The summed E-state index contributed by atoms with van der Waals surface area (Å²) in [7, 11) is 1.28. The van der Waals surface area contributed by atoms with Gasteiger partial charge in [-0.2, -0.15) is 0 Å². The average molecular weight is 366 g/mol. The molecule has 0 aromatic carbocycles. The second-order valence-electron chi connectivity index (χ2n) is 6.13. The minimum absolute atomic E-state index is 0.222. The third kappa shape index (κ3) is 3.73. The Hall–Kier alpha value is -2.22. The van der Waals surface area contributed by atoms with Gasteiger partial charge in [0, 0.05) is 0 Å². The Morgan fingerprint density at radius 3 is 2.60 bits per heavy atom. The molecule has 0 spiro atoms. The molecule has 0 saturated carbocycles. The number of rotatable bonds is 6. The number of nitrogens with zero attached hydrogens (tertiary/aromatic N) is 2. The van der Waals surface area contributed by atoms with Gasteiger partial charge in [0.05, 0.1) is 25.4 Å². The lowest BCUT2D eigenvalue weighted by molar-refractivity contribution is -0.144. The smallest absolute Gasteiger partial charge is 0.348 e. The lowest BCUT2D eigenvalue weighted by atomic mass is 10.2. The summed E-state index contributed by atoms with van der Waals surface area (Å²) >= 11 is 1.12. The van der Waals surface area contributed by atoms with Crippen molar-refractivity contribution in [2.24, 2.45) is 5.92 Å². The van der Waals surface area contributed by atoms with Gasteiger partial charge in [-0.05, 0) is 24.8 Å². The highest BCUT2D eigenvalue weighted by Gasteiger charge is 2.25. The van der Waals surface area contributed by atoms with Gasteiger partial charge in [0.2, 0.25) is 0 Å². The Morgan fingerprint density at radius 2 is 2.04 bits per heavy atom. The Bertz CT molecular complexity index is 853. The maximum atomic E-state index is 12.8. The first-order valence-electron chi connectivity index (χ1n) is 8.06. The summed E-state index contributed by atoms with van der Waals surface area (Å²) < 4.78 is 11.3. The van der Waals surface area contributed by atoms with Crippen LogP contribution < -0.4 is 5.56 Å². The van der Waals surface area contributed by atoms with Crippen LogP contribution in [0.5, 0.6) is 0 Å². The largest absolute Gasteiger partial charge is 0.467 e. The molecule has 136 valence electrons. The second-order valence-corrected chi connectivity index (χ2v) is 7.13. The molecule has 0 aliphatic rings. The van der Waals surface area contributed by atoms with Crippen molar-refractivity contribution in [2.45, 2.75) is 40.2 Å². The maximum absolute atomic E-state index is 12.8. The van der Waals surface area contributed by atoms with Gasteiger partial charge in [-0.1, -0.05) is 20.8 Å². The minimum atomic E-state index is -0.745. The van der Waals surface area contributed by atoms with Crippen LogP contribution in [0.3, 0.4) is 0 Å². The summed E-state index contributed by atoms with van der Waals surface area (Å²) in [5.41, 5.74) is 0.166. The van der Waals surface area contributed by atoms with Crippen LogP contribution >= 0.6 is 11.3 Å². The number of carbonyl (C=O) groups is 2. The topological polar surface area (TPSA) is 87.5 Å². The zero-order valence-electron chi connectivity index (χ0n) is 15.0. The molecule has 2 heterocycles. The lowest BCUT2D eigenvalue weighted by Crippen LogP contribution is -2.30. The van der Waals surface area contributed by atoms with Gasteiger partial charge in [0.25, 0.3) is 5.56 Å². The van der Waals surface area contributed by atoms with Gasteiger partial charge in [0.1, 0.15) is 15.7 Å². The molecule has 0 N–H and O–H groups in total. The molecule has 0 saturated heterocycles. The van der Waals surface area contributed by atoms with Crippen LogP contribution in [0.15, 0.2) is 11.1 Å². The highest BCUT2D eigenvalue weighted by molar-refractivity contribution is 7.20. The number of aromatic nitrogens is 2. The molecule has 25 heavy (non-hydrogen) atoms. The highest BCUT2D eigenvalue weighted by Crippen LogP contribution is 2.28. The van der Waals surface area contributed by atoms with E-state index in [1.54, 1.807) is 13.8 Å². The lowest BCUT2D eigenvalue weighted by Gasteiger charge is -2.15. The van der Waals surface area contributed by atoms with Gasteiger partial charge in [-0.15, -0.1) is 11.3 Å². The van der Waals surface area contributed by atoms with Gasteiger partial charge < -0.3 is 9.47 Å². The van der Waals surface area contributed by atoms with Crippen LogP contribution in [0.1, 0.15) is 48.5 Å². The Labute approximate surface area is 149 Å². The van der Waals surface area contributed by atoms with E-state index < -0.39 is 18.0 Å². The zero-order chi connectivity index (χ0) is 18.7. The fraction of sp³-hybridized carbons (Fsp3) is 0.529. The Morgan fingerprint density at radius 1 is 1.36 bits per heavy atom. The van der Waals surface area contributed by atoms with Crippen LogP contribution in [-0.2, 0) is 14.3 Å². The van der Waals surface area contributed by atoms with Crippen LogP contribution in [0.25, 0.3) is 10.2 Å². The number of fused-ring (bicyclic) bond motifs is 1. The third-order valence-corrected chi connectivity index (χ3v) is 4.98. The summed E-state index contributed by atoms with van der Waals surface area (Å²) in [6.45, 7) is 7.68. The molecular formula is C17H22N2O5S. The predicted octanol–water partition coefficient (Wildman–Crippen LogP) is 2.70. The number of hydrogen-bond acceptors (Lipinski definition) is 7. The number of methoxy groups -OCH3 is 1. The van der Waals surface area contributed by atoms with Crippen molar-refractivity contribution in [2.75, 3.05) is 13.7 Å². The van der Waals surface area contributed by atoms with Crippen molar-refractivity contribution in [1.82, 2.24) is 9.55 Å². The number of hydrogen-bond donors (Lipinski definition) is 0. The van der Waals surface area contributed by atoms with Crippen molar-refractivity contribution >= 4 is 33.5 Å². The van der Waals surface area contributed by atoms with Crippen molar-refractivity contribution < 1.29 is 19.1 Å². The first-order valence-corrected chi connectivity index (χ1v) is 8.88. The molecule has 0 aliphatic heterocycles. The highest BCUT2D eigenvalue weighted by atomic mass is 32.1. The van der Waals surface area contributed by atoms with Crippen molar-refractivity contribution in [1.29, 1.82) is 0 Å². The molecular weight excluding hydrogens is 344 g/mol. The molecule has 2 aromatic rings. The van der Waals surface area contributed by atoms with Crippen molar-refractivity contribution in [3.8, 4) is 0 Å². The Balaban J connectivity index is 2.51. The number of thiophene rings is 1. The van der Waals surface area contributed by atoms with E-state index >= 15 is 0 Å². The molecule has 1 unspecified atom stereocenters. The van der Waals surface area contributed by atoms with Crippen LogP contribution in [0.4, 0.5) is 0 Å². The van der Waals surface area contributed by atoms with Gasteiger partial charge >= 0.3 is 11.9 Å². The summed E-state index contributed by atoms with van der Waals surface area (Å²) in [6.07, 6.45) is 1.72. The van der Waals surface area contributed by atoms with E-state index in [9.17, 15) is 14.4 Å². The quantitative estimate of drug-likeness (QED) is 0.731. The van der Waals surface area contributed by atoms with E-state index in [0.29, 0.717) is 33.7 Å². The van der Waals surface area contributed by atoms with E-state index in [1.807, 2.05) is 13.8 Å². The normalized spacial score (nSPS) is 12.4. The number of esters is 2.